The van der Waals surface area contributed by atoms with Gasteiger partial charge in [-0.2, -0.15) is 0 Å². The van der Waals surface area contributed by atoms with E-state index in [1.807, 2.05) is 0 Å². The molecule has 0 unspecified atom stereocenters. The topological polar surface area (TPSA) is 36.4 Å². The molecule has 0 bridgehead atoms. The Labute approximate surface area is 150 Å². The maximum atomic E-state index is 8.91. The summed E-state index contributed by atoms with van der Waals surface area (Å²) in [5.41, 5.74) is 0. The first-order valence-electron chi connectivity index (χ1n) is 9.58. The largest absolute Gasteiger partial charge is 0.395 e. The van der Waals surface area contributed by atoms with Crippen molar-refractivity contribution in [3.63, 3.8) is 0 Å². The van der Waals surface area contributed by atoms with Crippen LogP contribution in [-0.4, -0.2) is 136 Å². The van der Waals surface area contributed by atoms with Gasteiger partial charge in [0.15, 0.2) is 0 Å². The van der Waals surface area contributed by atoms with Gasteiger partial charge in [-0.1, -0.05) is 0 Å². The van der Waals surface area contributed by atoms with Crippen molar-refractivity contribution in [3.05, 3.63) is 0 Å². The molecule has 1 aliphatic heterocycles. The number of hydrogen-bond donors (Lipinski definition) is 1. The zero-order valence-corrected chi connectivity index (χ0v) is 16.6. The maximum Gasteiger partial charge on any atom is 0.0558 e. The maximum absolute atomic E-state index is 8.91. The van der Waals surface area contributed by atoms with Crippen molar-refractivity contribution in [1.29, 1.82) is 0 Å². The Bertz CT molecular complexity index is 299. The van der Waals surface area contributed by atoms with Crippen molar-refractivity contribution in [2.24, 2.45) is 0 Å². The summed E-state index contributed by atoms with van der Waals surface area (Å²) in [5.74, 6) is 0. The first-order valence-corrected chi connectivity index (χ1v) is 9.58. The lowest BCUT2D eigenvalue weighted by Crippen LogP contribution is -2.39. The van der Waals surface area contributed by atoms with Crippen LogP contribution in [0.2, 0.25) is 0 Å². The van der Waals surface area contributed by atoms with Crippen LogP contribution < -0.4 is 0 Å². The van der Waals surface area contributed by atoms with Crippen LogP contribution in [0.25, 0.3) is 0 Å². The second kappa shape index (κ2) is 13.0. The summed E-state index contributed by atoms with van der Waals surface area (Å²) < 4.78 is 0. The molecule has 1 saturated heterocycles. The third-order valence-corrected chi connectivity index (χ3v) is 5.07. The highest BCUT2D eigenvalue weighted by atomic mass is 16.3. The van der Waals surface area contributed by atoms with Crippen LogP contribution in [0.1, 0.15) is 12.8 Å². The van der Waals surface area contributed by atoms with Gasteiger partial charge in [-0.25, -0.2) is 0 Å². The monoisotopic (exact) mass is 343 g/mol. The molecule has 0 saturated carbocycles. The minimum atomic E-state index is 0.244. The summed E-state index contributed by atoms with van der Waals surface area (Å²) in [5, 5.41) is 8.91. The van der Waals surface area contributed by atoms with Crippen molar-refractivity contribution in [3.8, 4) is 0 Å². The molecule has 1 fully saturated rings. The predicted octanol–water partition coefficient (Wildman–Crippen LogP) is -0.198. The van der Waals surface area contributed by atoms with E-state index in [0.717, 1.165) is 45.8 Å². The summed E-state index contributed by atoms with van der Waals surface area (Å²) in [6, 6.07) is 0. The molecule has 24 heavy (non-hydrogen) atoms. The zero-order valence-electron chi connectivity index (χ0n) is 16.6. The Hall–Kier alpha value is -0.240. The molecule has 1 rings (SSSR count). The van der Waals surface area contributed by atoms with E-state index in [1.54, 1.807) is 0 Å². The van der Waals surface area contributed by atoms with Gasteiger partial charge in [0.1, 0.15) is 0 Å². The highest BCUT2D eigenvalue weighted by molar-refractivity contribution is 4.68. The third kappa shape index (κ3) is 10.6. The number of likely N-dealkylation sites (N-methyl/N-ethyl adjacent to an activating group) is 4. The van der Waals surface area contributed by atoms with E-state index in [0.29, 0.717) is 0 Å². The quantitative estimate of drug-likeness (QED) is 0.471. The second-order valence-corrected chi connectivity index (χ2v) is 7.49. The van der Waals surface area contributed by atoms with Crippen LogP contribution in [0.4, 0.5) is 0 Å². The zero-order chi connectivity index (χ0) is 17.8. The molecule has 0 aromatic rings. The molecule has 0 spiro atoms. The Morgan fingerprint density at radius 3 is 1.42 bits per heavy atom. The highest BCUT2D eigenvalue weighted by Crippen LogP contribution is 2.06. The van der Waals surface area contributed by atoms with Gasteiger partial charge in [0.2, 0.25) is 0 Å². The van der Waals surface area contributed by atoms with E-state index in [-0.39, 0.29) is 6.61 Å². The predicted molar refractivity (Wildman–Crippen MR) is 103 cm³/mol. The first kappa shape index (κ1) is 21.8. The van der Waals surface area contributed by atoms with Crippen LogP contribution in [-0.2, 0) is 0 Å². The van der Waals surface area contributed by atoms with Crippen LogP contribution in [0.15, 0.2) is 0 Å². The van der Waals surface area contributed by atoms with Gasteiger partial charge < -0.3 is 29.6 Å². The molecule has 0 atom stereocenters. The lowest BCUT2D eigenvalue weighted by Gasteiger charge is -2.26. The fourth-order valence-electron chi connectivity index (χ4n) is 2.96. The van der Waals surface area contributed by atoms with Gasteiger partial charge in [-0.15, -0.1) is 0 Å². The fraction of sp³-hybridized carbons (Fsp3) is 1.00. The Morgan fingerprint density at radius 2 is 1.00 bits per heavy atom. The molecular weight excluding hydrogens is 302 g/mol. The minimum Gasteiger partial charge on any atom is -0.395 e. The molecule has 0 aromatic heterocycles. The fourth-order valence-corrected chi connectivity index (χ4v) is 2.96. The van der Waals surface area contributed by atoms with Crippen LogP contribution >= 0.6 is 0 Å². The Morgan fingerprint density at radius 1 is 0.625 bits per heavy atom. The van der Waals surface area contributed by atoms with E-state index in [2.05, 4.69) is 52.7 Å². The summed E-state index contributed by atoms with van der Waals surface area (Å²) in [7, 11) is 8.71. The molecule has 0 amide bonds. The number of aliphatic hydroxyl groups is 1. The Kier molecular flexibility index (Phi) is 11.8. The van der Waals surface area contributed by atoms with Crippen molar-refractivity contribution >= 4 is 0 Å². The van der Waals surface area contributed by atoms with E-state index in [1.165, 1.54) is 39.0 Å². The lowest BCUT2D eigenvalue weighted by molar-refractivity contribution is 0.187. The molecule has 1 aliphatic rings. The van der Waals surface area contributed by atoms with Gasteiger partial charge in [-0.3, -0.25) is 0 Å². The molecule has 6 nitrogen and oxygen atoms in total. The van der Waals surface area contributed by atoms with Crippen molar-refractivity contribution in [1.82, 2.24) is 24.5 Å². The smallest absolute Gasteiger partial charge is 0.0558 e. The van der Waals surface area contributed by atoms with Gasteiger partial charge in [0.25, 0.3) is 0 Å². The van der Waals surface area contributed by atoms with E-state index >= 15 is 0 Å². The third-order valence-electron chi connectivity index (χ3n) is 5.07. The van der Waals surface area contributed by atoms with Crippen LogP contribution in [0, 0.1) is 0 Å². The van der Waals surface area contributed by atoms with Crippen molar-refractivity contribution < 1.29 is 5.11 Å². The lowest BCUT2D eigenvalue weighted by atomic mass is 10.4. The summed E-state index contributed by atoms with van der Waals surface area (Å²) in [6.45, 7) is 12.6. The molecule has 144 valence electrons. The van der Waals surface area contributed by atoms with Crippen molar-refractivity contribution in [2.45, 2.75) is 12.8 Å². The number of nitrogens with zero attached hydrogens (tertiary/aromatic N) is 5. The average molecular weight is 344 g/mol. The minimum absolute atomic E-state index is 0.244. The van der Waals surface area contributed by atoms with E-state index in [4.69, 9.17) is 5.11 Å². The number of rotatable bonds is 14. The van der Waals surface area contributed by atoms with Crippen LogP contribution in [0.3, 0.4) is 0 Å². The molecule has 1 heterocycles. The molecule has 0 aromatic carbocycles. The summed E-state index contributed by atoms with van der Waals surface area (Å²) in [4.78, 5) is 12.0. The molecular formula is C18H41N5O. The molecule has 6 heteroatoms. The summed E-state index contributed by atoms with van der Waals surface area (Å²) >= 11 is 0. The Balaban J connectivity index is 2.00. The second-order valence-electron chi connectivity index (χ2n) is 7.49. The standard InChI is InChI=1S/C18H41N5O/c1-19(9-10-20(2)13-14-22(4)17-18-24)11-12-21(3)15-16-23-7-5-6-8-23/h24H,5-18H2,1-4H3. The summed E-state index contributed by atoms with van der Waals surface area (Å²) in [6.07, 6.45) is 2.77. The van der Waals surface area contributed by atoms with E-state index in [9.17, 15) is 0 Å². The van der Waals surface area contributed by atoms with Crippen LogP contribution in [0.5, 0.6) is 0 Å². The van der Waals surface area contributed by atoms with Gasteiger partial charge in [0, 0.05) is 58.9 Å². The number of hydrogen-bond acceptors (Lipinski definition) is 6. The highest BCUT2D eigenvalue weighted by Gasteiger charge is 2.12. The SMILES string of the molecule is CN(CCO)CCN(C)CCN(C)CCN(C)CCN1CCCC1. The average Bonchev–Trinajstić information content (AvgIpc) is 3.08. The number of likely N-dealkylation sites (tertiary alicyclic amines) is 1. The number of aliphatic hydroxyl groups excluding tert-OH is 1. The van der Waals surface area contributed by atoms with E-state index < -0.39 is 0 Å². The molecule has 1 N–H and O–H groups in total. The first-order chi connectivity index (χ1) is 11.5. The van der Waals surface area contributed by atoms with Gasteiger partial charge in [0.05, 0.1) is 6.61 Å². The molecule has 0 radical (unpaired) electrons. The normalized spacial score (nSPS) is 16.4. The van der Waals surface area contributed by atoms with Gasteiger partial charge >= 0.3 is 0 Å². The molecule has 0 aliphatic carbocycles. The van der Waals surface area contributed by atoms with Gasteiger partial charge in [-0.05, 0) is 54.1 Å². The van der Waals surface area contributed by atoms with Crippen molar-refractivity contribution in [2.75, 3.05) is 107 Å².